The van der Waals surface area contributed by atoms with Gasteiger partial charge in [0.05, 0.1) is 0 Å². The zero-order valence-electron chi connectivity index (χ0n) is 8.93. The summed E-state index contributed by atoms with van der Waals surface area (Å²) >= 11 is 6.21. The average molecular weight is 258 g/mol. The third-order valence-electron chi connectivity index (χ3n) is 2.65. The first-order valence-corrected chi connectivity index (χ1v) is 8.68. The molecule has 2 heterocycles. The van der Waals surface area contributed by atoms with Crippen molar-refractivity contribution in [3.63, 3.8) is 0 Å². The maximum absolute atomic E-state index is 2.30. The lowest BCUT2D eigenvalue weighted by Crippen LogP contribution is -2.12. The van der Waals surface area contributed by atoms with Crippen molar-refractivity contribution in [1.29, 1.82) is 0 Å². The van der Waals surface area contributed by atoms with E-state index in [4.69, 9.17) is 0 Å². The van der Waals surface area contributed by atoms with Gasteiger partial charge in [0.1, 0.15) is 0 Å². The number of rotatable bonds is 4. The lowest BCUT2D eigenvalue weighted by molar-refractivity contribution is 0.823. The van der Waals surface area contributed by atoms with E-state index >= 15 is 0 Å². The van der Waals surface area contributed by atoms with Crippen LogP contribution in [0.4, 0.5) is 0 Å². The first-order valence-electron chi connectivity index (χ1n) is 5.64. The van der Waals surface area contributed by atoms with E-state index in [-0.39, 0.29) is 0 Å². The molecule has 0 N–H and O–H groups in total. The van der Waals surface area contributed by atoms with E-state index < -0.39 is 0 Å². The molecule has 0 aromatic rings. The van der Waals surface area contributed by atoms with Gasteiger partial charge in [0.15, 0.2) is 0 Å². The summed E-state index contributed by atoms with van der Waals surface area (Å²) in [4.78, 5) is 0. The molecule has 2 aliphatic rings. The van der Waals surface area contributed by atoms with Crippen molar-refractivity contribution in [2.45, 2.75) is 36.2 Å². The highest BCUT2D eigenvalue weighted by molar-refractivity contribution is 8.06. The van der Waals surface area contributed by atoms with Crippen molar-refractivity contribution in [1.82, 2.24) is 0 Å². The summed E-state index contributed by atoms with van der Waals surface area (Å²) in [6, 6.07) is 0. The standard InChI is InChI=1S/C12H18S3/c1-3-7-14-11(5-1)9-13-10-12-6-2-4-8-15-12/h3-4,7-8,11-12H,1-2,5-6,9-10H2. The molecule has 0 saturated carbocycles. The molecule has 15 heavy (non-hydrogen) atoms. The van der Waals surface area contributed by atoms with Gasteiger partial charge >= 0.3 is 0 Å². The lowest BCUT2D eigenvalue weighted by atomic mass is 10.2. The van der Waals surface area contributed by atoms with E-state index in [1.807, 2.05) is 23.5 Å². The maximum Gasteiger partial charge on any atom is 0.0182 e. The Morgan fingerprint density at radius 1 is 0.933 bits per heavy atom. The van der Waals surface area contributed by atoms with Crippen LogP contribution in [0.25, 0.3) is 0 Å². The molecule has 0 radical (unpaired) electrons. The molecule has 0 aromatic heterocycles. The summed E-state index contributed by atoms with van der Waals surface area (Å²) < 4.78 is 0. The van der Waals surface area contributed by atoms with E-state index in [0.717, 1.165) is 10.5 Å². The van der Waals surface area contributed by atoms with Gasteiger partial charge in [-0.15, -0.1) is 23.5 Å². The van der Waals surface area contributed by atoms with Crippen molar-refractivity contribution in [3.8, 4) is 0 Å². The van der Waals surface area contributed by atoms with Crippen LogP contribution in [0, 0.1) is 0 Å². The average Bonchev–Trinajstić information content (AvgIpc) is 2.32. The van der Waals surface area contributed by atoms with Crippen LogP contribution in [-0.4, -0.2) is 22.0 Å². The summed E-state index contributed by atoms with van der Waals surface area (Å²) in [7, 11) is 0. The third-order valence-corrected chi connectivity index (χ3v) is 6.62. The lowest BCUT2D eigenvalue weighted by Gasteiger charge is -2.20. The van der Waals surface area contributed by atoms with Gasteiger partial charge in [0.25, 0.3) is 0 Å². The van der Waals surface area contributed by atoms with E-state index in [0.29, 0.717) is 0 Å². The monoisotopic (exact) mass is 258 g/mol. The van der Waals surface area contributed by atoms with E-state index in [1.54, 1.807) is 0 Å². The molecule has 0 saturated heterocycles. The van der Waals surface area contributed by atoms with Crippen molar-refractivity contribution in [3.05, 3.63) is 23.0 Å². The third kappa shape index (κ3) is 4.49. The number of hydrogen-bond acceptors (Lipinski definition) is 3. The fourth-order valence-electron chi connectivity index (χ4n) is 1.75. The van der Waals surface area contributed by atoms with Gasteiger partial charge in [-0.05, 0) is 36.5 Å². The zero-order chi connectivity index (χ0) is 10.3. The Labute approximate surface area is 106 Å². The van der Waals surface area contributed by atoms with E-state index in [9.17, 15) is 0 Å². The van der Waals surface area contributed by atoms with Crippen LogP contribution in [0.5, 0.6) is 0 Å². The second kappa shape index (κ2) is 6.97. The molecule has 2 atom stereocenters. The van der Waals surface area contributed by atoms with Gasteiger partial charge in [-0.1, -0.05) is 12.2 Å². The minimum absolute atomic E-state index is 0.879. The molecule has 84 valence electrons. The number of thioether (sulfide) groups is 3. The highest BCUT2D eigenvalue weighted by Gasteiger charge is 2.14. The molecule has 0 aromatic carbocycles. The van der Waals surface area contributed by atoms with Crippen molar-refractivity contribution in [2.24, 2.45) is 0 Å². The summed E-state index contributed by atoms with van der Waals surface area (Å²) in [6.45, 7) is 0. The molecule has 0 amide bonds. The summed E-state index contributed by atoms with van der Waals surface area (Å²) in [5.41, 5.74) is 0. The molecule has 2 rings (SSSR count). The van der Waals surface area contributed by atoms with E-state index in [2.05, 4.69) is 34.7 Å². The van der Waals surface area contributed by atoms with Crippen molar-refractivity contribution in [2.75, 3.05) is 11.5 Å². The highest BCUT2D eigenvalue weighted by Crippen LogP contribution is 2.30. The summed E-state index contributed by atoms with van der Waals surface area (Å²) in [6.07, 6.45) is 9.94. The highest BCUT2D eigenvalue weighted by atomic mass is 32.2. The van der Waals surface area contributed by atoms with Crippen molar-refractivity contribution < 1.29 is 0 Å². The Bertz CT molecular complexity index is 211. The molecule has 0 spiro atoms. The Kier molecular flexibility index (Phi) is 5.58. The van der Waals surface area contributed by atoms with Gasteiger partial charge in [-0.2, -0.15) is 11.8 Å². The number of hydrogen-bond donors (Lipinski definition) is 0. The Balaban J connectivity index is 1.57. The fraction of sp³-hybridized carbons (Fsp3) is 0.667. The van der Waals surface area contributed by atoms with Crippen LogP contribution >= 0.6 is 35.3 Å². The maximum atomic E-state index is 2.30. The topological polar surface area (TPSA) is 0 Å². The Morgan fingerprint density at radius 2 is 1.47 bits per heavy atom. The second-order valence-corrected chi connectivity index (χ2v) is 7.45. The molecule has 0 nitrogen and oxygen atoms in total. The first-order chi connectivity index (χ1) is 7.45. The molecular weight excluding hydrogens is 240 g/mol. The van der Waals surface area contributed by atoms with Crippen LogP contribution in [0.3, 0.4) is 0 Å². The van der Waals surface area contributed by atoms with Crippen LogP contribution in [0.1, 0.15) is 25.7 Å². The molecule has 2 aliphatic heterocycles. The molecule has 0 fully saturated rings. The summed E-state index contributed by atoms with van der Waals surface area (Å²) in [5.74, 6) is 2.69. The predicted molar refractivity (Wildman–Crippen MR) is 76.8 cm³/mol. The quantitative estimate of drug-likeness (QED) is 0.726. The second-order valence-electron chi connectivity index (χ2n) is 3.95. The van der Waals surface area contributed by atoms with Gasteiger partial charge in [0, 0.05) is 22.0 Å². The summed E-state index contributed by atoms with van der Waals surface area (Å²) in [5, 5.41) is 6.33. The zero-order valence-corrected chi connectivity index (χ0v) is 11.4. The fourth-order valence-corrected chi connectivity index (χ4v) is 5.43. The molecule has 2 unspecified atom stereocenters. The molecule has 3 heteroatoms. The Hall–Kier alpha value is 0.530. The molecule has 0 bridgehead atoms. The largest absolute Gasteiger partial charge is 0.160 e. The minimum atomic E-state index is 0.879. The predicted octanol–water partition coefficient (Wildman–Crippen LogP) is 4.54. The minimum Gasteiger partial charge on any atom is -0.160 e. The normalized spacial score (nSPS) is 30.7. The SMILES string of the molecule is C1=CSC(CSCC2CCC=CS2)CC1. The van der Waals surface area contributed by atoms with Crippen LogP contribution in [-0.2, 0) is 0 Å². The van der Waals surface area contributed by atoms with Crippen molar-refractivity contribution >= 4 is 35.3 Å². The van der Waals surface area contributed by atoms with Crippen LogP contribution < -0.4 is 0 Å². The van der Waals surface area contributed by atoms with Gasteiger partial charge in [-0.25, -0.2) is 0 Å². The van der Waals surface area contributed by atoms with E-state index in [1.165, 1.54) is 37.2 Å². The molecular formula is C12H18S3. The van der Waals surface area contributed by atoms with Crippen LogP contribution in [0.15, 0.2) is 23.0 Å². The van der Waals surface area contributed by atoms with Gasteiger partial charge in [-0.3, -0.25) is 0 Å². The Morgan fingerprint density at radius 3 is 1.87 bits per heavy atom. The molecule has 0 aliphatic carbocycles. The van der Waals surface area contributed by atoms with Gasteiger partial charge < -0.3 is 0 Å². The van der Waals surface area contributed by atoms with Crippen LogP contribution in [0.2, 0.25) is 0 Å². The smallest absolute Gasteiger partial charge is 0.0182 e. The van der Waals surface area contributed by atoms with Gasteiger partial charge in [0.2, 0.25) is 0 Å². The first kappa shape index (κ1) is 12.0. The number of allylic oxidation sites excluding steroid dienone is 2.